The van der Waals surface area contributed by atoms with E-state index in [9.17, 15) is 5.11 Å². The van der Waals surface area contributed by atoms with Gasteiger partial charge in [-0.1, -0.05) is 40.9 Å². The summed E-state index contributed by atoms with van der Waals surface area (Å²) in [4.78, 5) is 0. The largest absolute Gasteiger partial charge is 0.413 e. The lowest BCUT2D eigenvalue weighted by Gasteiger charge is -2.47. The molecule has 10 rings (SSSR count). The minimum Gasteiger partial charge on any atom is -0.413 e. The number of ether oxygens (including phenoxy) is 9. The van der Waals surface area contributed by atoms with Crippen LogP contribution in [-0.4, -0.2) is 137 Å². The highest BCUT2D eigenvalue weighted by Crippen LogP contribution is 2.54. The molecular weight excluding hydrogens is 771 g/mol. The van der Waals surface area contributed by atoms with Crippen LogP contribution in [0, 0.1) is 11.8 Å². The molecule has 20 atom stereocenters. The summed E-state index contributed by atoms with van der Waals surface area (Å²) in [6, 6.07) is 0. The third-order valence-electron chi connectivity index (χ3n) is 16.4. The van der Waals surface area contributed by atoms with E-state index < -0.39 is 20.2 Å². The Labute approximate surface area is 354 Å². The van der Waals surface area contributed by atoms with Crippen molar-refractivity contribution >= 4 is 8.32 Å². The van der Waals surface area contributed by atoms with Crippen LogP contribution < -0.4 is 5.73 Å². The van der Waals surface area contributed by atoms with E-state index >= 15 is 0 Å². The molecule has 0 saturated carbocycles. The zero-order valence-electron chi connectivity index (χ0n) is 36.9. The quantitative estimate of drug-likeness (QED) is 0.231. The summed E-state index contributed by atoms with van der Waals surface area (Å²) in [6.45, 7) is 23.0. The van der Waals surface area contributed by atoms with Crippen LogP contribution in [0.3, 0.4) is 0 Å². The fraction of sp³-hybridized carbons (Fsp3) is 0.913. The van der Waals surface area contributed by atoms with E-state index in [2.05, 4.69) is 53.9 Å². The van der Waals surface area contributed by atoms with Crippen LogP contribution in [0.2, 0.25) is 18.1 Å². The molecule has 334 valence electrons. The lowest BCUT2D eigenvalue weighted by Crippen LogP contribution is -2.61. The number of aliphatic hydroxyl groups excluding tert-OH is 1. The molecule has 10 aliphatic rings. The molecule has 10 saturated heterocycles. The summed E-state index contributed by atoms with van der Waals surface area (Å²) in [5.41, 5.74) is 8.70. The van der Waals surface area contributed by atoms with E-state index in [1.54, 1.807) is 7.11 Å². The first kappa shape index (κ1) is 43.5. The molecular formula is C46H75NO11Si. The number of hydrogen-bond donors (Lipinski definition) is 2. The van der Waals surface area contributed by atoms with Gasteiger partial charge in [-0.3, -0.25) is 0 Å². The molecule has 0 aromatic carbocycles. The zero-order chi connectivity index (χ0) is 41.6. The molecule has 12 bridgehead atoms. The zero-order valence-corrected chi connectivity index (χ0v) is 37.9. The SMILES string of the molecule is C=C1C[C@@H]2CC[C@@]34CC5O[C@H]6[C@@H](O3)[C@H]3OC(CC[C@@H]3O[C@H]6C5O4)CC(O)C[C@H]3[C@H](CC4O[C@@H](CCC1O2)C[C@@H](C)C4=C)OC(C[C@@H](CN)O[Si](C)(C)C(C)(C)C)[C@@H]3OC. The van der Waals surface area contributed by atoms with Gasteiger partial charge in [0.25, 0.3) is 0 Å². The van der Waals surface area contributed by atoms with E-state index in [4.69, 9.17) is 52.8 Å². The Morgan fingerprint density at radius 3 is 2.27 bits per heavy atom. The maximum Gasteiger partial charge on any atom is 0.192 e. The fourth-order valence-electron chi connectivity index (χ4n) is 12.1. The van der Waals surface area contributed by atoms with Crippen molar-refractivity contribution in [3.8, 4) is 0 Å². The summed E-state index contributed by atoms with van der Waals surface area (Å²) in [5.74, 6) is -0.539. The maximum absolute atomic E-state index is 12.0. The second-order valence-electron chi connectivity index (χ2n) is 21.5. The minimum atomic E-state index is -2.10. The van der Waals surface area contributed by atoms with Gasteiger partial charge in [0.2, 0.25) is 0 Å². The third kappa shape index (κ3) is 8.39. The predicted octanol–water partition coefficient (Wildman–Crippen LogP) is 6.26. The van der Waals surface area contributed by atoms with Crippen LogP contribution in [0.15, 0.2) is 24.3 Å². The normalized spacial score (nSPS) is 49.4. The van der Waals surface area contributed by atoms with Crippen molar-refractivity contribution in [3.05, 3.63) is 24.3 Å². The van der Waals surface area contributed by atoms with Crippen molar-refractivity contribution in [1.82, 2.24) is 0 Å². The van der Waals surface area contributed by atoms with Gasteiger partial charge in [-0.05, 0) is 93.0 Å². The number of aliphatic hydroxyl groups is 1. The Morgan fingerprint density at radius 2 is 1.51 bits per heavy atom. The Morgan fingerprint density at radius 1 is 0.797 bits per heavy atom. The van der Waals surface area contributed by atoms with Gasteiger partial charge >= 0.3 is 0 Å². The molecule has 0 radical (unpaired) electrons. The van der Waals surface area contributed by atoms with Crippen molar-refractivity contribution in [2.24, 2.45) is 17.6 Å². The van der Waals surface area contributed by atoms with Crippen molar-refractivity contribution in [2.45, 2.75) is 239 Å². The van der Waals surface area contributed by atoms with E-state index in [0.29, 0.717) is 44.6 Å². The van der Waals surface area contributed by atoms with Gasteiger partial charge in [-0.25, -0.2) is 0 Å². The van der Waals surface area contributed by atoms with Gasteiger partial charge in [0, 0.05) is 45.3 Å². The van der Waals surface area contributed by atoms with Crippen LogP contribution in [0.25, 0.3) is 0 Å². The van der Waals surface area contributed by atoms with E-state index in [1.807, 2.05) is 0 Å². The number of hydrogen-bond acceptors (Lipinski definition) is 12. The first-order valence-corrected chi connectivity index (χ1v) is 26.2. The van der Waals surface area contributed by atoms with Gasteiger partial charge in [0.1, 0.15) is 30.5 Å². The first-order valence-electron chi connectivity index (χ1n) is 23.3. The molecule has 1 spiro atoms. The van der Waals surface area contributed by atoms with Gasteiger partial charge < -0.3 is 57.9 Å². The van der Waals surface area contributed by atoms with Gasteiger partial charge in [0.05, 0.1) is 73.2 Å². The molecule has 10 heterocycles. The summed E-state index contributed by atoms with van der Waals surface area (Å²) in [7, 11) is -0.334. The van der Waals surface area contributed by atoms with Crippen LogP contribution in [0.1, 0.15) is 111 Å². The summed E-state index contributed by atoms with van der Waals surface area (Å²) in [5, 5.41) is 12.1. The molecule has 0 amide bonds. The highest BCUT2D eigenvalue weighted by molar-refractivity contribution is 6.74. The van der Waals surface area contributed by atoms with Crippen molar-refractivity contribution in [3.63, 3.8) is 0 Å². The summed E-state index contributed by atoms with van der Waals surface area (Å²) < 4.78 is 68.3. The molecule has 3 N–H and O–H groups in total. The van der Waals surface area contributed by atoms with Crippen LogP contribution in [-0.2, 0) is 47.1 Å². The Bertz CT molecular complexity index is 1540. The van der Waals surface area contributed by atoms with Crippen LogP contribution >= 0.6 is 0 Å². The number of fused-ring (bicyclic) bond motifs is 6. The molecule has 13 heteroatoms. The number of methoxy groups -OCH3 is 1. The van der Waals surface area contributed by atoms with Crippen molar-refractivity contribution in [2.75, 3.05) is 13.7 Å². The summed E-state index contributed by atoms with van der Waals surface area (Å²) in [6.07, 6.45) is 6.65. The van der Waals surface area contributed by atoms with Crippen molar-refractivity contribution in [1.29, 1.82) is 0 Å². The number of rotatable bonds is 6. The highest BCUT2D eigenvalue weighted by atomic mass is 28.4. The second-order valence-corrected chi connectivity index (χ2v) is 26.2. The Kier molecular flexibility index (Phi) is 12.3. The van der Waals surface area contributed by atoms with Gasteiger partial charge in [-0.15, -0.1) is 0 Å². The smallest absolute Gasteiger partial charge is 0.192 e. The van der Waals surface area contributed by atoms with Gasteiger partial charge in [-0.2, -0.15) is 0 Å². The molecule has 0 aliphatic carbocycles. The monoisotopic (exact) mass is 846 g/mol. The average molecular weight is 846 g/mol. The average Bonchev–Trinajstić information content (AvgIpc) is 3.85. The molecule has 7 unspecified atom stereocenters. The standard InChI is InChI=1S/C46H75NO11Si/c1-24-16-28-10-12-33-25(2)17-30(50-33)14-15-46-22-38-41(56-46)42-43(55-38)44(57-46)40-34(54-42)13-11-29(52-40)18-27(48)19-32-36(21-35(51-28)26(24)3)53-37(39(32)49-7)20-31(23-47)58-59(8,9)45(4,5)6/h24,27-44,48H,2-3,10-23,47H2,1,4-9H3/t24-,27?,28+,29?,30+,31+,32+,33?,34+,35?,36+,37?,38?,39-,40+,41?,42+,43-,44+,46+/m1/s1. The maximum atomic E-state index is 12.0. The molecule has 10 fully saturated rings. The Balaban J connectivity index is 0.983. The minimum absolute atomic E-state index is 0.00138. The highest BCUT2D eigenvalue weighted by Gasteiger charge is 2.69. The summed E-state index contributed by atoms with van der Waals surface area (Å²) >= 11 is 0. The lowest BCUT2D eigenvalue weighted by atomic mass is 9.81. The first-order chi connectivity index (χ1) is 28.0. The van der Waals surface area contributed by atoms with Crippen molar-refractivity contribution < 1.29 is 52.2 Å². The predicted molar refractivity (Wildman–Crippen MR) is 223 cm³/mol. The molecule has 12 nitrogen and oxygen atoms in total. The number of nitrogens with two attached hydrogens (primary N) is 1. The molecule has 0 aromatic heterocycles. The topological polar surface area (TPSA) is 139 Å². The van der Waals surface area contributed by atoms with Crippen LogP contribution in [0.4, 0.5) is 0 Å². The van der Waals surface area contributed by atoms with E-state index in [-0.39, 0.29) is 109 Å². The third-order valence-corrected chi connectivity index (χ3v) is 20.9. The fourth-order valence-corrected chi connectivity index (χ4v) is 13.5. The molecule has 59 heavy (non-hydrogen) atoms. The molecule has 10 aliphatic heterocycles. The van der Waals surface area contributed by atoms with Gasteiger partial charge in [0.15, 0.2) is 14.1 Å². The van der Waals surface area contributed by atoms with E-state index in [0.717, 1.165) is 62.5 Å². The second kappa shape index (κ2) is 16.6. The van der Waals surface area contributed by atoms with Crippen LogP contribution in [0.5, 0.6) is 0 Å². The lowest BCUT2D eigenvalue weighted by molar-refractivity contribution is -0.294. The molecule has 0 aromatic rings. The Hall–Kier alpha value is -0.783. The van der Waals surface area contributed by atoms with E-state index in [1.165, 1.54) is 0 Å².